The summed E-state index contributed by atoms with van der Waals surface area (Å²) in [4.78, 5) is 4.92. The monoisotopic (exact) mass is 137 g/mol. The summed E-state index contributed by atoms with van der Waals surface area (Å²) in [5, 5.41) is 11.0. The van der Waals surface area contributed by atoms with Gasteiger partial charge in [0.1, 0.15) is 0 Å². The van der Waals surface area contributed by atoms with Gasteiger partial charge in [-0.05, 0) is 18.9 Å². The summed E-state index contributed by atoms with van der Waals surface area (Å²) in [5.74, 6) is 0.540. The van der Waals surface area contributed by atoms with Crippen LogP contribution in [0.2, 0.25) is 0 Å². The Bertz CT molecular complexity index is 248. The second-order valence-corrected chi connectivity index (χ2v) is 1.51. The lowest BCUT2D eigenvalue weighted by Crippen LogP contribution is -1.89. The summed E-state index contributed by atoms with van der Waals surface area (Å²) >= 11 is 0. The van der Waals surface area contributed by atoms with Gasteiger partial charge in [0.05, 0.1) is 6.20 Å². The van der Waals surface area contributed by atoms with Gasteiger partial charge in [0, 0.05) is 6.21 Å². The van der Waals surface area contributed by atoms with E-state index >= 15 is 0 Å². The first-order valence-electron chi connectivity index (χ1n) is 2.75. The Hall–Kier alpha value is -1.52. The minimum Gasteiger partial charge on any atom is -0.242 e. The van der Waals surface area contributed by atoms with Crippen LogP contribution in [0, 0.1) is 0 Å². The summed E-state index contributed by atoms with van der Waals surface area (Å²) in [6.45, 7) is 5.11. The van der Waals surface area contributed by atoms with Crippen molar-refractivity contribution in [2.45, 2.75) is 6.92 Å². The quantitative estimate of drug-likeness (QED) is 0.556. The maximum absolute atomic E-state index is 3.82. The highest BCUT2D eigenvalue weighted by atomic mass is 15.6. The van der Waals surface area contributed by atoms with Crippen LogP contribution in [-0.2, 0) is 0 Å². The zero-order valence-electron chi connectivity index (χ0n) is 5.60. The number of nitrogens with zero attached hydrogens (tertiary/aromatic N) is 5. The molecule has 10 heavy (non-hydrogen) atoms. The summed E-state index contributed by atoms with van der Waals surface area (Å²) in [6.07, 6.45) is 3.09. The highest BCUT2D eigenvalue weighted by molar-refractivity contribution is 5.53. The first kappa shape index (κ1) is 6.60. The molecule has 5 heteroatoms. The van der Waals surface area contributed by atoms with Gasteiger partial charge in [-0.25, -0.2) is 4.99 Å². The van der Waals surface area contributed by atoms with Gasteiger partial charge in [-0.3, -0.25) is 0 Å². The summed E-state index contributed by atoms with van der Waals surface area (Å²) in [6, 6.07) is 0. The Morgan fingerprint density at radius 1 is 1.80 bits per heavy atom. The zero-order chi connectivity index (χ0) is 7.40. The molecule has 0 bridgehead atoms. The second-order valence-electron chi connectivity index (χ2n) is 1.51. The summed E-state index contributed by atoms with van der Waals surface area (Å²) < 4.78 is 0. The van der Waals surface area contributed by atoms with Crippen molar-refractivity contribution in [1.29, 1.82) is 0 Å². The third kappa shape index (κ3) is 1.07. The Balaban J connectivity index is 3.00. The molecular weight excluding hydrogens is 130 g/mol. The molecule has 0 saturated carbocycles. The Labute approximate surface area is 58.1 Å². The average molecular weight is 137 g/mol. The van der Waals surface area contributed by atoms with Crippen LogP contribution in [-0.4, -0.2) is 28.0 Å². The van der Waals surface area contributed by atoms with Gasteiger partial charge in [-0.1, -0.05) is 0 Å². The molecule has 1 aromatic rings. The molecule has 1 aromatic heterocycles. The lowest BCUT2D eigenvalue weighted by molar-refractivity contribution is 0.699. The van der Waals surface area contributed by atoms with E-state index < -0.39 is 0 Å². The third-order valence-corrected chi connectivity index (χ3v) is 0.901. The minimum absolute atomic E-state index is 0.540. The molecule has 0 unspecified atom stereocenters. The largest absolute Gasteiger partial charge is 0.242 e. The first-order chi connectivity index (χ1) is 4.88. The van der Waals surface area contributed by atoms with E-state index in [1.165, 1.54) is 11.0 Å². The van der Waals surface area contributed by atoms with E-state index in [-0.39, 0.29) is 0 Å². The van der Waals surface area contributed by atoms with E-state index in [0.29, 0.717) is 5.82 Å². The normalized spacial score (nSPS) is 10.5. The van der Waals surface area contributed by atoms with Gasteiger partial charge < -0.3 is 0 Å². The number of aliphatic imine (C=N–C) groups is 1. The number of hydrogen-bond acceptors (Lipinski definition) is 4. The van der Waals surface area contributed by atoms with Gasteiger partial charge >= 0.3 is 0 Å². The fraction of sp³-hybridized carbons (Fsp3) is 0.200. The molecule has 0 fully saturated rings. The van der Waals surface area contributed by atoms with Crippen LogP contribution in [0.25, 0.3) is 0 Å². The lowest BCUT2D eigenvalue weighted by atomic mass is 10.8. The third-order valence-electron chi connectivity index (χ3n) is 0.901. The number of rotatable bonds is 2. The standard InChI is InChI=1S/C5H7N5/c1-3-8-10-5(6-2)4-7-9-10/h3-4H,2H2,1H3/b8-3-. The minimum atomic E-state index is 0.540. The summed E-state index contributed by atoms with van der Waals surface area (Å²) in [7, 11) is 0. The van der Waals surface area contributed by atoms with Gasteiger partial charge in [-0.2, -0.15) is 5.10 Å². The van der Waals surface area contributed by atoms with Crippen LogP contribution in [0.5, 0.6) is 0 Å². The van der Waals surface area contributed by atoms with Crippen molar-refractivity contribution in [3.05, 3.63) is 6.20 Å². The van der Waals surface area contributed by atoms with Crippen LogP contribution in [0.15, 0.2) is 16.3 Å². The highest BCUT2D eigenvalue weighted by Crippen LogP contribution is 2.05. The molecule has 0 saturated heterocycles. The molecule has 0 aliphatic carbocycles. The van der Waals surface area contributed by atoms with E-state index in [1.54, 1.807) is 13.1 Å². The Morgan fingerprint density at radius 2 is 2.60 bits per heavy atom. The van der Waals surface area contributed by atoms with E-state index in [2.05, 4.69) is 27.1 Å². The number of aromatic nitrogens is 3. The number of hydrogen-bond donors (Lipinski definition) is 0. The maximum atomic E-state index is 3.82. The van der Waals surface area contributed by atoms with E-state index in [0.717, 1.165) is 0 Å². The highest BCUT2D eigenvalue weighted by Gasteiger charge is 1.95. The average Bonchev–Trinajstić information content (AvgIpc) is 2.36. The predicted molar refractivity (Wildman–Crippen MR) is 38.8 cm³/mol. The van der Waals surface area contributed by atoms with Crippen LogP contribution < -0.4 is 0 Å². The Morgan fingerprint density at radius 3 is 3.20 bits per heavy atom. The molecule has 0 N–H and O–H groups in total. The van der Waals surface area contributed by atoms with Crippen LogP contribution >= 0.6 is 0 Å². The van der Waals surface area contributed by atoms with E-state index in [4.69, 9.17) is 0 Å². The van der Waals surface area contributed by atoms with Crippen molar-refractivity contribution in [3.63, 3.8) is 0 Å². The zero-order valence-corrected chi connectivity index (χ0v) is 5.60. The van der Waals surface area contributed by atoms with Gasteiger partial charge in [0.25, 0.3) is 0 Å². The summed E-state index contributed by atoms with van der Waals surface area (Å²) in [5.41, 5.74) is 0. The predicted octanol–water partition coefficient (Wildman–Crippen LogP) is 0.464. The van der Waals surface area contributed by atoms with Crippen LogP contribution in [0.1, 0.15) is 6.92 Å². The molecule has 0 amide bonds. The maximum Gasteiger partial charge on any atom is 0.195 e. The van der Waals surface area contributed by atoms with Crippen molar-refractivity contribution >= 4 is 18.7 Å². The topological polar surface area (TPSA) is 55.4 Å². The molecule has 52 valence electrons. The van der Waals surface area contributed by atoms with Gasteiger partial charge in [0.15, 0.2) is 5.82 Å². The smallest absolute Gasteiger partial charge is 0.195 e. The fourth-order valence-corrected chi connectivity index (χ4v) is 0.520. The first-order valence-corrected chi connectivity index (χ1v) is 2.75. The molecule has 0 radical (unpaired) electrons. The van der Waals surface area contributed by atoms with E-state index in [9.17, 15) is 0 Å². The van der Waals surface area contributed by atoms with Gasteiger partial charge in [0.2, 0.25) is 0 Å². The molecule has 0 spiro atoms. The Kier molecular flexibility index (Phi) is 1.89. The van der Waals surface area contributed by atoms with Gasteiger partial charge in [-0.15, -0.1) is 9.89 Å². The van der Waals surface area contributed by atoms with Crippen molar-refractivity contribution < 1.29 is 0 Å². The SMILES string of the molecule is C=Nc1cnnn1/N=C\C. The molecule has 5 nitrogen and oxygen atoms in total. The van der Waals surface area contributed by atoms with Crippen LogP contribution in [0.4, 0.5) is 5.82 Å². The lowest BCUT2D eigenvalue weighted by Gasteiger charge is -1.88. The molecule has 0 atom stereocenters. The van der Waals surface area contributed by atoms with E-state index in [1.807, 2.05) is 0 Å². The second kappa shape index (κ2) is 2.86. The molecule has 0 aromatic carbocycles. The molecule has 0 aliphatic heterocycles. The molecule has 1 heterocycles. The fourth-order valence-electron chi connectivity index (χ4n) is 0.520. The molecule has 1 rings (SSSR count). The van der Waals surface area contributed by atoms with Crippen molar-refractivity contribution in [3.8, 4) is 0 Å². The van der Waals surface area contributed by atoms with Crippen molar-refractivity contribution in [2.75, 3.05) is 0 Å². The van der Waals surface area contributed by atoms with Crippen LogP contribution in [0.3, 0.4) is 0 Å². The van der Waals surface area contributed by atoms with Crippen molar-refractivity contribution in [2.24, 2.45) is 10.1 Å². The van der Waals surface area contributed by atoms with Crippen molar-refractivity contribution in [1.82, 2.24) is 15.1 Å². The molecule has 0 aliphatic rings. The molecular formula is C5H7N5.